The fourth-order valence-corrected chi connectivity index (χ4v) is 3.43. The number of carbonyl (C=O) groups is 4. The predicted molar refractivity (Wildman–Crippen MR) is 116 cm³/mol. The van der Waals surface area contributed by atoms with E-state index in [2.05, 4.69) is 10.6 Å². The number of hydrogen-bond acceptors (Lipinski definition) is 5. The van der Waals surface area contributed by atoms with Gasteiger partial charge in [-0.15, -0.1) is 0 Å². The summed E-state index contributed by atoms with van der Waals surface area (Å²) in [5.41, 5.74) is 3.79. The van der Waals surface area contributed by atoms with Crippen LogP contribution in [0.5, 0.6) is 0 Å². The maximum absolute atomic E-state index is 12.4. The lowest BCUT2D eigenvalue weighted by molar-refractivity contribution is -0.151. The van der Waals surface area contributed by atoms with Gasteiger partial charge in [0.05, 0.1) is 5.92 Å². The van der Waals surface area contributed by atoms with Crippen molar-refractivity contribution in [2.45, 2.75) is 20.3 Å². The van der Waals surface area contributed by atoms with Gasteiger partial charge in [0.2, 0.25) is 5.91 Å². The zero-order valence-corrected chi connectivity index (χ0v) is 17.7. The van der Waals surface area contributed by atoms with Crippen LogP contribution >= 0.6 is 0 Å². The molecule has 31 heavy (non-hydrogen) atoms. The Labute approximate surface area is 180 Å². The molecule has 0 spiro atoms. The van der Waals surface area contributed by atoms with Gasteiger partial charge in [-0.25, -0.2) is 0 Å². The summed E-state index contributed by atoms with van der Waals surface area (Å²) in [5.74, 6) is -2.07. The molecular weight excluding hydrogens is 398 g/mol. The second-order valence-corrected chi connectivity index (χ2v) is 7.44. The Kier molecular flexibility index (Phi) is 6.69. The number of nitrogens with zero attached hydrogens (tertiary/aromatic N) is 1. The van der Waals surface area contributed by atoms with Gasteiger partial charge in [0.1, 0.15) is 0 Å². The van der Waals surface area contributed by atoms with Crippen molar-refractivity contribution >= 4 is 35.1 Å². The molecule has 1 fully saturated rings. The van der Waals surface area contributed by atoms with Gasteiger partial charge in [-0.2, -0.15) is 0 Å². The van der Waals surface area contributed by atoms with Crippen LogP contribution in [0, 0.1) is 19.8 Å². The highest BCUT2D eigenvalue weighted by atomic mass is 16.5. The van der Waals surface area contributed by atoms with Crippen molar-refractivity contribution < 1.29 is 23.9 Å². The molecule has 0 unspecified atom stereocenters. The van der Waals surface area contributed by atoms with Crippen molar-refractivity contribution in [3.63, 3.8) is 0 Å². The number of carbonyl (C=O) groups excluding carboxylic acids is 4. The number of ether oxygens (including phenoxy) is 1. The molecule has 3 amide bonds. The van der Waals surface area contributed by atoms with Crippen molar-refractivity contribution in [1.82, 2.24) is 5.32 Å². The first kappa shape index (κ1) is 22.0. The minimum atomic E-state index is -0.618. The summed E-state index contributed by atoms with van der Waals surface area (Å²) < 4.78 is 5.13. The van der Waals surface area contributed by atoms with Gasteiger partial charge in [-0.05, 0) is 55.3 Å². The summed E-state index contributed by atoms with van der Waals surface area (Å²) in [6.45, 7) is 3.68. The molecule has 2 N–H and O–H groups in total. The number of benzene rings is 2. The molecular formula is C23H25N3O5. The van der Waals surface area contributed by atoms with Crippen LogP contribution in [0.15, 0.2) is 42.5 Å². The summed E-state index contributed by atoms with van der Waals surface area (Å²) in [4.78, 5) is 50.1. The molecule has 1 heterocycles. The van der Waals surface area contributed by atoms with Crippen LogP contribution in [-0.2, 0) is 19.1 Å². The monoisotopic (exact) mass is 423 g/mol. The molecule has 0 radical (unpaired) electrons. The smallest absolute Gasteiger partial charge is 0.311 e. The highest BCUT2D eigenvalue weighted by Gasteiger charge is 2.37. The molecule has 8 nitrogen and oxygen atoms in total. The standard InChI is InChI=1S/C23H25N3O5/c1-14-5-4-6-19(15(14)2)26-12-17(11-21(26)28)23(30)31-13-20(27)25-18-9-7-16(8-10-18)22(29)24-3/h4-10,17H,11-13H2,1-3H3,(H,24,29)(H,25,27)/t17-/m0/s1. The number of aryl methyl sites for hydroxylation is 1. The molecule has 3 rings (SSSR count). The molecule has 2 aromatic carbocycles. The average molecular weight is 423 g/mol. The second-order valence-electron chi connectivity index (χ2n) is 7.44. The topological polar surface area (TPSA) is 105 Å². The number of nitrogens with one attached hydrogen (secondary N) is 2. The Morgan fingerprint density at radius 3 is 2.48 bits per heavy atom. The van der Waals surface area contributed by atoms with Crippen LogP contribution in [0.2, 0.25) is 0 Å². The van der Waals surface area contributed by atoms with Crippen LogP contribution in [0.3, 0.4) is 0 Å². The number of rotatable bonds is 6. The highest BCUT2D eigenvalue weighted by molar-refractivity contribution is 6.00. The van der Waals surface area contributed by atoms with Gasteiger partial charge >= 0.3 is 5.97 Å². The molecule has 1 aliphatic rings. The quantitative estimate of drug-likeness (QED) is 0.693. The Morgan fingerprint density at radius 2 is 1.81 bits per heavy atom. The summed E-state index contributed by atoms with van der Waals surface area (Å²) in [7, 11) is 1.53. The molecule has 0 aliphatic carbocycles. The van der Waals surface area contributed by atoms with Gasteiger partial charge in [-0.3, -0.25) is 19.2 Å². The van der Waals surface area contributed by atoms with E-state index in [9.17, 15) is 19.2 Å². The third-order valence-electron chi connectivity index (χ3n) is 5.33. The van der Waals surface area contributed by atoms with E-state index in [-0.39, 0.29) is 24.8 Å². The normalized spacial score (nSPS) is 15.5. The molecule has 1 aliphatic heterocycles. The van der Waals surface area contributed by atoms with Crippen molar-refractivity contribution in [3.8, 4) is 0 Å². The average Bonchev–Trinajstić information content (AvgIpc) is 3.15. The van der Waals surface area contributed by atoms with Crippen LogP contribution in [-0.4, -0.2) is 43.9 Å². The third-order valence-corrected chi connectivity index (χ3v) is 5.33. The number of amides is 3. The van der Waals surface area contributed by atoms with Crippen LogP contribution in [0.25, 0.3) is 0 Å². The van der Waals surface area contributed by atoms with Crippen molar-refractivity contribution in [3.05, 3.63) is 59.2 Å². The fraction of sp³-hybridized carbons (Fsp3) is 0.304. The van der Waals surface area contributed by atoms with Crippen molar-refractivity contribution in [1.29, 1.82) is 0 Å². The van der Waals surface area contributed by atoms with Gasteiger partial charge < -0.3 is 20.3 Å². The molecule has 8 heteroatoms. The van der Waals surface area contributed by atoms with E-state index in [0.29, 0.717) is 11.3 Å². The first-order valence-corrected chi connectivity index (χ1v) is 9.95. The third kappa shape index (κ3) is 5.09. The van der Waals surface area contributed by atoms with Crippen LogP contribution in [0.4, 0.5) is 11.4 Å². The van der Waals surface area contributed by atoms with E-state index in [1.807, 2.05) is 32.0 Å². The summed E-state index contributed by atoms with van der Waals surface area (Å²) in [6.07, 6.45) is 0.0504. The maximum Gasteiger partial charge on any atom is 0.311 e. The molecule has 1 atom stereocenters. The van der Waals surface area contributed by atoms with Crippen molar-refractivity contribution in [2.24, 2.45) is 5.92 Å². The van der Waals surface area contributed by atoms with Gasteiger partial charge in [0.15, 0.2) is 6.61 Å². The first-order chi connectivity index (χ1) is 14.8. The fourth-order valence-electron chi connectivity index (χ4n) is 3.43. The Bertz CT molecular complexity index is 1020. The molecule has 162 valence electrons. The largest absolute Gasteiger partial charge is 0.455 e. The van der Waals surface area contributed by atoms with Crippen LogP contribution in [0.1, 0.15) is 27.9 Å². The molecule has 2 aromatic rings. The molecule has 0 aromatic heterocycles. The lowest BCUT2D eigenvalue weighted by Crippen LogP contribution is -2.28. The van der Waals surface area contributed by atoms with E-state index in [4.69, 9.17) is 4.74 Å². The number of anilines is 2. The highest BCUT2D eigenvalue weighted by Crippen LogP contribution is 2.29. The molecule has 1 saturated heterocycles. The second kappa shape index (κ2) is 9.42. The summed E-state index contributed by atoms with van der Waals surface area (Å²) in [6, 6.07) is 12.0. The Hall–Kier alpha value is -3.68. The van der Waals surface area contributed by atoms with E-state index in [0.717, 1.165) is 16.8 Å². The summed E-state index contributed by atoms with van der Waals surface area (Å²) in [5, 5.41) is 5.12. The Morgan fingerprint density at radius 1 is 1.10 bits per heavy atom. The first-order valence-electron chi connectivity index (χ1n) is 9.95. The predicted octanol–water partition coefficient (Wildman–Crippen LogP) is 2.20. The van der Waals surface area contributed by atoms with Crippen molar-refractivity contribution in [2.75, 3.05) is 30.4 Å². The summed E-state index contributed by atoms with van der Waals surface area (Å²) >= 11 is 0. The number of hydrogen-bond donors (Lipinski definition) is 2. The van der Waals surface area contributed by atoms with E-state index in [1.54, 1.807) is 29.2 Å². The lowest BCUT2D eigenvalue weighted by atomic mass is 10.1. The van der Waals surface area contributed by atoms with E-state index < -0.39 is 24.4 Å². The lowest BCUT2D eigenvalue weighted by Gasteiger charge is -2.20. The number of esters is 1. The molecule has 0 saturated carbocycles. The zero-order valence-electron chi connectivity index (χ0n) is 17.7. The minimum absolute atomic E-state index is 0.0504. The minimum Gasteiger partial charge on any atom is -0.455 e. The van der Waals surface area contributed by atoms with Gasteiger partial charge in [-0.1, -0.05) is 12.1 Å². The van der Waals surface area contributed by atoms with E-state index >= 15 is 0 Å². The molecule has 0 bridgehead atoms. The van der Waals surface area contributed by atoms with Gasteiger partial charge in [0.25, 0.3) is 11.8 Å². The van der Waals surface area contributed by atoms with Crippen LogP contribution < -0.4 is 15.5 Å². The SMILES string of the molecule is CNC(=O)c1ccc(NC(=O)COC(=O)[C@H]2CC(=O)N(c3cccc(C)c3C)C2)cc1. The Balaban J connectivity index is 1.52. The maximum atomic E-state index is 12.4. The van der Waals surface area contributed by atoms with Gasteiger partial charge in [0, 0.05) is 37.0 Å². The zero-order chi connectivity index (χ0) is 22.5. The van der Waals surface area contributed by atoms with E-state index in [1.165, 1.54) is 7.05 Å².